The van der Waals surface area contributed by atoms with E-state index in [0.717, 1.165) is 5.56 Å². The molecule has 0 aliphatic heterocycles. The van der Waals surface area contributed by atoms with Gasteiger partial charge in [-0.15, -0.1) is 0 Å². The Morgan fingerprint density at radius 2 is 2.14 bits per heavy atom. The summed E-state index contributed by atoms with van der Waals surface area (Å²) in [5.41, 5.74) is 0.958. The molecule has 0 heterocycles. The van der Waals surface area contributed by atoms with E-state index in [0.29, 0.717) is 18.1 Å². The minimum atomic E-state index is -1.02. The Labute approximate surface area is 128 Å². The summed E-state index contributed by atoms with van der Waals surface area (Å²) in [5, 5.41) is 9.56. The molecule has 21 heavy (non-hydrogen) atoms. The highest BCUT2D eigenvalue weighted by Crippen LogP contribution is 2.50. The number of methoxy groups -OCH3 is 1. The summed E-state index contributed by atoms with van der Waals surface area (Å²) in [4.78, 5) is 24.6. The average Bonchev–Trinajstić information content (AvgIpc) is 3.23. The van der Waals surface area contributed by atoms with Crippen molar-refractivity contribution >= 4 is 23.5 Å². The molecule has 1 aromatic rings. The van der Waals surface area contributed by atoms with Crippen LogP contribution in [-0.4, -0.2) is 48.7 Å². The molecule has 0 saturated heterocycles. The van der Waals surface area contributed by atoms with Crippen molar-refractivity contribution in [3.05, 3.63) is 34.9 Å². The molecule has 1 N–H and O–H groups in total. The van der Waals surface area contributed by atoms with Crippen LogP contribution >= 0.6 is 11.6 Å². The van der Waals surface area contributed by atoms with E-state index < -0.39 is 5.97 Å². The molecule has 1 amide bonds. The first kappa shape index (κ1) is 15.8. The largest absolute Gasteiger partial charge is 0.480 e. The van der Waals surface area contributed by atoms with Crippen molar-refractivity contribution in [2.75, 3.05) is 26.8 Å². The summed E-state index contributed by atoms with van der Waals surface area (Å²) < 4.78 is 4.93. The van der Waals surface area contributed by atoms with Crippen molar-refractivity contribution in [3.8, 4) is 0 Å². The van der Waals surface area contributed by atoms with Crippen LogP contribution in [0.1, 0.15) is 17.9 Å². The SMILES string of the molecule is COCCN(CC(=O)O)C(=O)[C@@H]1C[C@@H]1c1ccccc1Cl. The number of halogens is 1. The molecule has 5 nitrogen and oxygen atoms in total. The van der Waals surface area contributed by atoms with Crippen LogP contribution in [0.4, 0.5) is 0 Å². The molecule has 1 aliphatic rings. The van der Waals surface area contributed by atoms with Crippen LogP contribution in [0.2, 0.25) is 5.02 Å². The van der Waals surface area contributed by atoms with E-state index in [1.807, 2.05) is 18.2 Å². The summed E-state index contributed by atoms with van der Waals surface area (Å²) in [6.45, 7) is 0.309. The van der Waals surface area contributed by atoms with Crippen LogP contribution in [0.5, 0.6) is 0 Å². The first-order valence-corrected chi connectivity index (χ1v) is 7.16. The Bertz CT molecular complexity index is 534. The van der Waals surface area contributed by atoms with Crippen LogP contribution in [-0.2, 0) is 14.3 Å². The number of aliphatic carboxylic acids is 1. The summed E-state index contributed by atoms with van der Waals surface area (Å²) in [6, 6.07) is 7.45. The molecule has 2 atom stereocenters. The summed E-state index contributed by atoms with van der Waals surface area (Å²) in [5.74, 6) is -1.25. The molecule has 6 heteroatoms. The maximum atomic E-state index is 12.4. The zero-order valence-electron chi connectivity index (χ0n) is 11.8. The van der Waals surface area contributed by atoms with Crippen molar-refractivity contribution < 1.29 is 19.4 Å². The molecule has 1 saturated carbocycles. The van der Waals surface area contributed by atoms with Gasteiger partial charge < -0.3 is 14.7 Å². The highest BCUT2D eigenvalue weighted by Gasteiger charge is 2.46. The first-order chi connectivity index (χ1) is 10.0. The zero-order valence-corrected chi connectivity index (χ0v) is 12.5. The third-order valence-corrected chi connectivity index (χ3v) is 3.96. The second-order valence-electron chi connectivity index (χ2n) is 5.12. The molecule has 114 valence electrons. The van der Waals surface area contributed by atoms with Gasteiger partial charge in [-0.3, -0.25) is 9.59 Å². The number of carboxylic acid groups (broad SMARTS) is 1. The fourth-order valence-electron chi connectivity index (χ4n) is 2.45. The van der Waals surface area contributed by atoms with E-state index in [4.69, 9.17) is 21.4 Å². The molecular formula is C15H18ClNO4. The van der Waals surface area contributed by atoms with Crippen molar-refractivity contribution in [2.45, 2.75) is 12.3 Å². The lowest BCUT2D eigenvalue weighted by atomic mass is 10.1. The van der Waals surface area contributed by atoms with Gasteiger partial charge in [-0.2, -0.15) is 0 Å². The minimum Gasteiger partial charge on any atom is -0.480 e. The Morgan fingerprint density at radius 1 is 1.43 bits per heavy atom. The monoisotopic (exact) mass is 311 g/mol. The van der Waals surface area contributed by atoms with Crippen LogP contribution in [0, 0.1) is 5.92 Å². The number of hydrogen-bond donors (Lipinski definition) is 1. The lowest BCUT2D eigenvalue weighted by molar-refractivity contribution is -0.145. The van der Waals surface area contributed by atoms with Crippen LogP contribution in [0.3, 0.4) is 0 Å². The predicted molar refractivity (Wildman–Crippen MR) is 78.4 cm³/mol. The van der Waals surface area contributed by atoms with E-state index in [-0.39, 0.29) is 30.8 Å². The van der Waals surface area contributed by atoms with Gasteiger partial charge in [-0.25, -0.2) is 0 Å². The van der Waals surface area contributed by atoms with Crippen molar-refractivity contribution in [1.82, 2.24) is 4.90 Å². The number of nitrogens with zero attached hydrogens (tertiary/aromatic N) is 1. The summed E-state index contributed by atoms with van der Waals surface area (Å²) in [7, 11) is 1.52. The van der Waals surface area contributed by atoms with Gasteiger partial charge in [0, 0.05) is 24.6 Å². The smallest absolute Gasteiger partial charge is 0.323 e. The second-order valence-corrected chi connectivity index (χ2v) is 5.52. The third kappa shape index (κ3) is 3.95. The van der Waals surface area contributed by atoms with Crippen LogP contribution in [0.25, 0.3) is 0 Å². The lowest BCUT2D eigenvalue weighted by Crippen LogP contribution is -2.39. The lowest BCUT2D eigenvalue weighted by Gasteiger charge is -2.20. The van der Waals surface area contributed by atoms with Crippen molar-refractivity contribution in [1.29, 1.82) is 0 Å². The van der Waals surface area contributed by atoms with Gasteiger partial charge in [0.2, 0.25) is 5.91 Å². The molecule has 1 fully saturated rings. The highest BCUT2D eigenvalue weighted by atomic mass is 35.5. The van der Waals surface area contributed by atoms with Gasteiger partial charge in [-0.05, 0) is 24.0 Å². The zero-order chi connectivity index (χ0) is 15.4. The number of carboxylic acids is 1. The molecule has 1 aromatic carbocycles. The standard InChI is InChI=1S/C15H18ClNO4/c1-21-7-6-17(9-14(18)19)15(20)12-8-11(12)10-4-2-3-5-13(10)16/h2-5,11-12H,6-9H2,1H3,(H,18,19)/t11-,12-/m1/s1. The van der Waals surface area contributed by atoms with Crippen molar-refractivity contribution in [3.63, 3.8) is 0 Å². The highest BCUT2D eigenvalue weighted by molar-refractivity contribution is 6.31. The van der Waals surface area contributed by atoms with Gasteiger partial charge in [0.25, 0.3) is 0 Å². The topological polar surface area (TPSA) is 66.8 Å². The van der Waals surface area contributed by atoms with E-state index in [2.05, 4.69) is 0 Å². The molecule has 0 radical (unpaired) electrons. The summed E-state index contributed by atoms with van der Waals surface area (Å²) in [6.07, 6.45) is 0.714. The van der Waals surface area contributed by atoms with Crippen LogP contribution in [0.15, 0.2) is 24.3 Å². The molecule has 0 bridgehead atoms. The molecule has 0 unspecified atom stereocenters. The Balaban J connectivity index is 2.02. The fourth-order valence-corrected chi connectivity index (χ4v) is 2.73. The summed E-state index contributed by atoms with van der Waals surface area (Å²) >= 11 is 6.14. The number of rotatable bonds is 7. The normalized spacial score (nSPS) is 20.1. The predicted octanol–water partition coefficient (Wildman–Crippen LogP) is 2.00. The second kappa shape index (κ2) is 6.91. The van der Waals surface area contributed by atoms with Gasteiger partial charge in [0.15, 0.2) is 0 Å². The Morgan fingerprint density at radius 3 is 2.76 bits per heavy atom. The maximum absolute atomic E-state index is 12.4. The van der Waals surface area contributed by atoms with Gasteiger partial charge >= 0.3 is 5.97 Å². The van der Waals surface area contributed by atoms with E-state index in [1.165, 1.54) is 12.0 Å². The van der Waals surface area contributed by atoms with E-state index >= 15 is 0 Å². The van der Waals surface area contributed by atoms with E-state index in [1.54, 1.807) is 6.07 Å². The number of carbonyl (C=O) groups excluding carboxylic acids is 1. The molecule has 2 rings (SSSR count). The molecular weight excluding hydrogens is 294 g/mol. The van der Waals surface area contributed by atoms with E-state index in [9.17, 15) is 9.59 Å². The van der Waals surface area contributed by atoms with Gasteiger partial charge in [-0.1, -0.05) is 29.8 Å². The third-order valence-electron chi connectivity index (χ3n) is 3.62. The number of benzene rings is 1. The van der Waals surface area contributed by atoms with Gasteiger partial charge in [0.1, 0.15) is 6.54 Å². The number of ether oxygens (including phenoxy) is 1. The Kier molecular flexibility index (Phi) is 5.20. The molecule has 1 aliphatic carbocycles. The van der Waals surface area contributed by atoms with Crippen molar-refractivity contribution in [2.24, 2.45) is 5.92 Å². The first-order valence-electron chi connectivity index (χ1n) is 6.78. The average molecular weight is 312 g/mol. The molecule has 0 spiro atoms. The molecule has 0 aromatic heterocycles. The van der Waals surface area contributed by atoms with Crippen LogP contribution < -0.4 is 0 Å². The maximum Gasteiger partial charge on any atom is 0.323 e. The number of hydrogen-bond acceptors (Lipinski definition) is 3. The fraction of sp³-hybridized carbons (Fsp3) is 0.467. The Hall–Kier alpha value is -1.59. The van der Waals surface area contributed by atoms with Gasteiger partial charge in [0.05, 0.1) is 6.61 Å². The number of amides is 1. The quantitative estimate of drug-likeness (QED) is 0.836. The number of carbonyl (C=O) groups is 2. The minimum absolute atomic E-state index is 0.0880.